The van der Waals surface area contributed by atoms with E-state index in [1.54, 1.807) is 0 Å². The molecule has 1 aromatic carbocycles. The first-order chi connectivity index (χ1) is 9.65. The van der Waals surface area contributed by atoms with Crippen LogP contribution in [0.5, 0.6) is 5.75 Å². The van der Waals surface area contributed by atoms with Gasteiger partial charge in [0, 0.05) is 31.0 Å². The predicted octanol–water partition coefficient (Wildman–Crippen LogP) is 1.76. The number of amides is 1. The van der Waals surface area contributed by atoms with Crippen LogP contribution in [0, 0.1) is 5.92 Å². The number of likely N-dealkylation sites (tertiary alicyclic amines) is 1. The fraction of sp³-hybridized carbons (Fsp3) is 0.467. The van der Waals surface area contributed by atoms with Gasteiger partial charge in [0.2, 0.25) is 0 Å². The third kappa shape index (κ3) is 2.50. The van der Waals surface area contributed by atoms with E-state index in [1.807, 2.05) is 23.1 Å². The molecule has 3 rings (SSSR count). The summed E-state index contributed by atoms with van der Waals surface area (Å²) in [5, 5.41) is 0. The SMILES string of the molecule is NC(=S)C1CCCN(C(=O)c2ccc3c(c2)CCO3)C1. The zero-order valence-electron chi connectivity index (χ0n) is 11.3. The summed E-state index contributed by atoms with van der Waals surface area (Å²) in [6.07, 6.45) is 2.82. The van der Waals surface area contributed by atoms with Crippen LogP contribution in [0.3, 0.4) is 0 Å². The summed E-state index contributed by atoms with van der Waals surface area (Å²) in [4.78, 5) is 15.0. The molecular formula is C15H18N2O2S. The second-order valence-electron chi connectivity index (χ2n) is 5.41. The average Bonchev–Trinajstić information content (AvgIpc) is 2.94. The van der Waals surface area contributed by atoms with Crippen molar-refractivity contribution in [1.82, 2.24) is 4.90 Å². The number of hydrogen-bond donors (Lipinski definition) is 1. The van der Waals surface area contributed by atoms with Crippen LogP contribution in [0.1, 0.15) is 28.8 Å². The lowest BCUT2D eigenvalue weighted by Crippen LogP contribution is -2.43. The van der Waals surface area contributed by atoms with Gasteiger partial charge in [-0.2, -0.15) is 0 Å². The summed E-state index contributed by atoms with van der Waals surface area (Å²) in [7, 11) is 0. The zero-order chi connectivity index (χ0) is 14.1. The summed E-state index contributed by atoms with van der Waals surface area (Å²) in [6.45, 7) is 2.13. The largest absolute Gasteiger partial charge is 0.493 e. The van der Waals surface area contributed by atoms with E-state index in [-0.39, 0.29) is 11.8 Å². The number of benzene rings is 1. The lowest BCUT2D eigenvalue weighted by atomic mass is 9.97. The first-order valence-corrected chi connectivity index (χ1v) is 7.40. The van der Waals surface area contributed by atoms with Gasteiger partial charge < -0.3 is 15.4 Å². The number of fused-ring (bicyclic) bond motifs is 1. The summed E-state index contributed by atoms with van der Waals surface area (Å²) in [6, 6.07) is 5.69. The van der Waals surface area contributed by atoms with E-state index in [1.165, 1.54) is 0 Å². The van der Waals surface area contributed by atoms with E-state index in [0.29, 0.717) is 18.1 Å². The quantitative estimate of drug-likeness (QED) is 0.843. The predicted molar refractivity (Wildman–Crippen MR) is 81.1 cm³/mol. The molecule has 1 aromatic rings. The van der Waals surface area contributed by atoms with Gasteiger partial charge >= 0.3 is 0 Å². The number of ether oxygens (including phenoxy) is 1. The van der Waals surface area contributed by atoms with Gasteiger partial charge in [-0.3, -0.25) is 4.79 Å². The maximum Gasteiger partial charge on any atom is 0.253 e. The Hall–Kier alpha value is -1.62. The molecular weight excluding hydrogens is 272 g/mol. The number of nitrogens with zero attached hydrogens (tertiary/aromatic N) is 1. The maximum absolute atomic E-state index is 12.6. The van der Waals surface area contributed by atoms with Crippen molar-refractivity contribution in [3.05, 3.63) is 29.3 Å². The fourth-order valence-electron chi connectivity index (χ4n) is 2.90. The Bertz CT molecular complexity index is 559. The van der Waals surface area contributed by atoms with E-state index < -0.39 is 0 Å². The number of rotatable bonds is 2. The zero-order valence-corrected chi connectivity index (χ0v) is 12.1. The Balaban J connectivity index is 1.76. The number of thiocarbonyl (C=S) groups is 1. The molecule has 1 atom stereocenters. The average molecular weight is 290 g/mol. The van der Waals surface area contributed by atoms with Crippen molar-refractivity contribution in [2.45, 2.75) is 19.3 Å². The van der Waals surface area contributed by atoms with Gasteiger partial charge in [0.1, 0.15) is 5.75 Å². The van der Waals surface area contributed by atoms with E-state index in [9.17, 15) is 4.79 Å². The first-order valence-electron chi connectivity index (χ1n) is 6.99. The molecule has 2 N–H and O–H groups in total. The van der Waals surface area contributed by atoms with Crippen LogP contribution >= 0.6 is 12.2 Å². The number of nitrogens with two attached hydrogens (primary N) is 1. The lowest BCUT2D eigenvalue weighted by Gasteiger charge is -2.32. The van der Waals surface area contributed by atoms with Crippen LogP contribution in [-0.2, 0) is 6.42 Å². The number of carbonyl (C=O) groups is 1. The van der Waals surface area contributed by atoms with Crippen molar-refractivity contribution in [3.63, 3.8) is 0 Å². The Morgan fingerprint density at radius 3 is 3.10 bits per heavy atom. The van der Waals surface area contributed by atoms with E-state index in [2.05, 4.69) is 0 Å². The highest BCUT2D eigenvalue weighted by Crippen LogP contribution is 2.27. The molecule has 1 amide bonds. The molecule has 1 fully saturated rings. The Labute approximate surface area is 123 Å². The molecule has 106 valence electrons. The summed E-state index contributed by atoms with van der Waals surface area (Å²) in [5.74, 6) is 1.13. The minimum absolute atomic E-state index is 0.0700. The monoisotopic (exact) mass is 290 g/mol. The Kier molecular flexibility index (Phi) is 3.61. The molecule has 2 heterocycles. The van der Waals surface area contributed by atoms with E-state index >= 15 is 0 Å². The lowest BCUT2D eigenvalue weighted by molar-refractivity contribution is 0.0703. The van der Waals surface area contributed by atoms with Crippen molar-refractivity contribution >= 4 is 23.1 Å². The normalized spacial score (nSPS) is 21.2. The molecule has 4 nitrogen and oxygen atoms in total. The molecule has 2 aliphatic heterocycles. The van der Waals surface area contributed by atoms with Gasteiger partial charge in [-0.05, 0) is 36.6 Å². The van der Waals surface area contributed by atoms with Gasteiger partial charge in [-0.1, -0.05) is 12.2 Å². The Morgan fingerprint density at radius 2 is 2.30 bits per heavy atom. The number of hydrogen-bond acceptors (Lipinski definition) is 3. The standard InChI is InChI=1S/C15H18N2O2S/c16-14(20)12-2-1-6-17(9-12)15(18)11-3-4-13-10(8-11)5-7-19-13/h3-4,8,12H,1-2,5-7,9H2,(H2,16,20). The number of carbonyl (C=O) groups excluding carboxylic acids is 1. The maximum atomic E-state index is 12.6. The van der Waals surface area contributed by atoms with Crippen LogP contribution < -0.4 is 10.5 Å². The van der Waals surface area contributed by atoms with Crippen LogP contribution in [-0.4, -0.2) is 35.5 Å². The van der Waals surface area contributed by atoms with Gasteiger partial charge in [0.05, 0.1) is 11.6 Å². The van der Waals surface area contributed by atoms with E-state index in [0.717, 1.165) is 42.7 Å². The van der Waals surface area contributed by atoms with Crippen LogP contribution in [0.4, 0.5) is 0 Å². The highest BCUT2D eigenvalue weighted by molar-refractivity contribution is 7.80. The molecule has 20 heavy (non-hydrogen) atoms. The van der Waals surface area contributed by atoms with Crippen molar-refractivity contribution in [3.8, 4) is 5.75 Å². The molecule has 0 spiro atoms. The van der Waals surface area contributed by atoms with Crippen molar-refractivity contribution in [1.29, 1.82) is 0 Å². The molecule has 5 heteroatoms. The third-order valence-electron chi connectivity index (χ3n) is 4.05. The molecule has 0 aliphatic carbocycles. The molecule has 0 saturated carbocycles. The minimum atomic E-state index is 0.0700. The van der Waals surface area contributed by atoms with Crippen LogP contribution in [0.25, 0.3) is 0 Å². The van der Waals surface area contributed by atoms with Gasteiger partial charge in [-0.15, -0.1) is 0 Å². The van der Waals surface area contributed by atoms with Crippen molar-refractivity contribution in [2.75, 3.05) is 19.7 Å². The molecule has 1 unspecified atom stereocenters. The molecule has 0 bridgehead atoms. The summed E-state index contributed by atoms with van der Waals surface area (Å²) in [5.41, 5.74) is 7.58. The topological polar surface area (TPSA) is 55.6 Å². The highest BCUT2D eigenvalue weighted by Gasteiger charge is 2.26. The minimum Gasteiger partial charge on any atom is -0.493 e. The molecule has 0 aromatic heterocycles. The second kappa shape index (κ2) is 5.40. The fourth-order valence-corrected chi connectivity index (χ4v) is 3.09. The van der Waals surface area contributed by atoms with Crippen molar-refractivity contribution < 1.29 is 9.53 Å². The number of piperidine rings is 1. The van der Waals surface area contributed by atoms with E-state index in [4.69, 9.17) is 22.7 Å². The van der Waals surface area contributed by atoms with Gasteiger partial charge in [0.25, 0.3) is 5.91 Å². The van der Waals surface area contributed by atoms with Gasteiger partial charge in [0.15, 0.2) is 0 Å². The van der Waals surface area contributed by atoms with Crippen molar-refractivity contribution in [2.24, 2.45) is 11.7 Å². The second-order valence-corrected chi connectivity index (χ2v) is 5.89. The molecule has 1 saturated heterocycles. The summed E-state index contributed by atoms with van der Waals surface area (Å²) < 4.78 is 5.47. The smallest absolute Gasteiger partial charge is 0.253 e. The molecule has 2 aliphatic rings. The third-order valence-corrected chi connectivity index (χ3v) is 4.38. The van der Waals surface area contributed by atoms with Gasteiger partial charge in [-0.25, -0.2) is 0 Å². The van der Waals surface area contributed by atoms with Crippen LogP contribution in [0.2, 0.25) is 0 Å². The summed E-state index contributed by atoms with van der Waals surface area (Å²) >= 11 is 5.06. The first kappa shape index (κ1) is 13.4. The Morgan fingerprint density at radius 1 is 1.45 bits per heavy atom. The highest BCUT2D eigenvalue weighted by atomic mass is 32.1. The molecule has 0 radical (unpaired) electrons. The van der Waals surface area contributed by atoms with Crippen LogP contribution in [0.15, 0.2) is 18.2 Å².